The molecule has 1 unspecified atom stereocenters. The second-order valence-electron chi connectivity index (χ2n) is 6.36. The van der Waals surface area contributed by atoms with E-state index in [2.05, 4.69) is 21.2 Å². The van der Waals surface area contributed by atoms with Gasteiger partial charge in [-0.1, -0.05) is 18.2 Å². The van der Waals surface area contributed by atoms with Gasteiger partial charge in [0, 0.05) is 22.2 Å². The lowest BCUT2D eigenvalue weighted by atomic mass is 10.1. The summed E-state index contributed by atoms with van der Waals surface area (Å²) in [5.41, 5.74) is 0.390. The van der Waals surface area contributed by atoms with Crippen molar-refractivity contribution in [2.75, 3.05) is 18.6 Å². The van der Waals surface area contributed by atoms with Crippen molar-refractivity contribution in [3.05, 3.63) is 56.7 Å². The van der Waals surface area contributed by atoms with Gasteiger partial charge in [0.25, 0.3) is 5.91 Å². The van der Waals surface area contributed by atoms with Crippen LogP contribution in [0.3, 0.4) is 0 Å². The maximum Gasteiger partial charge on any atom is 0.253 e. The van der Waals surface area contributed by atoms with Crippen molar-refractivity contribution < 1.29 is 18.0 Å². The fraction of sp³-hybridized carbons (Fsp3) is 0.368. The molecule has 1 aromatic heterocycles. The number of nitrogens with one attached hydrogen (secondary N) is 1. The summed E-state index contributed by atoms with van der Waals surface area (Å²) in [7, 11) is -3.27. The number of carbonyl (C=O) groups is 2. The van der Waals surface area contributed by atoms with Crippen molar-refractivity contribution in [3.63, 3.8) is 0 Å². The topological polar surface area (TPSA) is 83.6 Å². The Morgan fingerprint density at radius 2 is 1.93 bits per heavy atom. The highest BCUT2D eigenvalue weighted by Gasteiger charge is 2.27. The quantitative estimate of drug-likeness (QED) is 0.590. The molecule has 1 atom stereocenters. The number of halogens is 1. The van der Waals surface area contributed by atoms with Crippen LogP contribution < -0.4 is 5.32 Å². The van der Waals surface area contributed by atoms with Crippen molar-refractivity contribution in [1.29, 1.82) is 0 Å². The van der Waals surface area contributed by atoms with Gasteiger partial charge >= 0.3 is 0 Å². The third-order valence-corrected chi connectivity index (χ3v) is 6.65. The molecule has 2 amide bonds. The smallest absolute Gasteiger partial charge is 0.253 e. The summed E-state index contributed by atoms with van der Waals surface area (Å²) in [5, 5.41) is 4.65. The molecule has 2 aromatic rings. The van der Waals surface area contributed by atoms with Crippen molar-refractivity contribution in [1.82, 2.24) is 10.2 Å². The molecular formula is C19H23BrN2O4S2. The van der Waals surface area contributed by atoms with Gasteiger partial charge in [0.1, 0.15) is 15.9 Å². The Labute approximate surface area is 178 Å². The number of hydrogen-bond donors (Lipinski definition) is 1. The fourth-order valence-corrected chi connectivity index (χ4v) is 4.48. The van der Waals surface area contributed by atoms with Gasteiger partial charge in [-0.05, 0) is 52.9 Å². The molecule has 0 saturated heterocycles. The number of likely N-dealkylation sites (N-methyl/N-ethyl adjacent to an activating group) is 1. The normalized spacial score (nSPS) is 12.4. The number of rotatable bonds is 9. The SMILES string of the molecule is CCN(Cc1cccs1)C(=O)C(CCS(C)(=O)=O)NC(=O)c1ccccc1Br. The van der Waals surface area contributed by atoms with Crippen LogP contribution in [0.15, 0.2) is 46.3 Å². The lowest BCUT2D eigenvalue weighted by Crippen LogP contribution is -2.49. The van der Waals surface area contributed by atoms with Crippen LogP contribution in [0.5, 0.6) is 0 Å². The van der Waals surface area contributed by atoms with Crippen molar-refractivity contribution in [2.45, 2.75) is 25.9 Å². The Hall–Kier alpha value is -1.71. The van der Waals surface area contributed by atoms with Crippen LogP contribution in [0.1, 0.15) is 28.6 Å². The van der Waals surface area contributed by atoms with Crippen molar-refractivity contribution in [2.24, 2.45) is 0 Å². The van der Waals surface area contributed by atoms with Crippen LogP contribution in [0.4, 0.5) is 0 Å². The van der Waals surface area contributed by atoms with Crippen molar-refractivity contribution >= 4 is 48.9 Å². The fourth-order valence-electron chi connectivity index (χ4n) is 2.63. The Kier molecular flexibility index (Phi) is 8.21. The summed E-state index contributed by atoms with van der Waals surface area (Å²) in [4.78, 5) is 28.4. The number of sulfone groups is 1. The van der Waals surface area contributed by atoms with E-state index in [1.807, 2.05) is 24.4 Å². The van der Waals surface area contributed by atoms with Crippen molar-refractivity contribution in [3.8, 4) is 0 Å². The summed E-state index contributed by atoms with van der Waals surface area (Å²) in [6.45, 7) is 2.74. The minimum absolute atomic E-state index is 0.0226. The first-order valence-corrected chi connectivity index (χ1v) is 12.5. The first kappa shape index (κ1) is 22.6. The number of nitrogens with zero attached hydrogens (tertiary/aromatic N) is 1. The number of amides is 2. The lowest BCUT2D eigenvalue weighted by Gasteiger charge is -2.26. The maximum atomic E-state index is 13.1. The predicted molar refractivity (Wildman–Crippen MR) is 115 cm³/mol. The Bertz CT molecular complexity index is 914. The van der Waals surface area contributed by atoms with Crippen LogP contribution >= 0.6 is 27.3 Å². The van der Waals surface area contributed by atoms with Crippen LogP contribution in [0, 0.1) is 0 Å². The van der Waals surface area contributed by atoms with Gasteiger partial charge in [0.05, 0.1) is 17.9 Å². The van der Waals surface area contributed by atoms with Gasteiger partial charge in [-0.2, -0.15) is 0 Å². The van der Waals surface area contributed by atoms with Crippen LogP contribution in [0.25, 0.3) is 0 Å². The number of carbonyl (C=O) groups excluding carboxylic acids is 2. The molecule has 0 radical (unpaired) electrons. The van der Waals surface area contributed by atoms with Crippen LogP contribution in [0.2, 0.25) is 0 Å². The molecule has 0 aliphatic rings. The molecule has 1 heterocycles. The molecule has 0 aliphatic heterocycles. The molecule has 2 rings (SSSR count). The average Bonchev–Trinajstić information content (AvgIpc) is 3.15. The van der Waals surface area contributed by atoms with Gasteiger partial charge < -0.3 is 10.2 Å². The molecule has 0 fully saturated rings. The summed E-state index contributed by atoms with van der Waals surface area (Å²) in [5.74, 6) is -0.901. The first-order chi connectivity index (χ1) is 13.2. The van der Waals surface area contributed by atoms with E-state index in [0.29, 0.717) is 23.1 Å². The van der Waals surface area contributed by atoms with Crippen LogP contribution in [-0.4, -0.2) is 49.7 Å². The maximum absolute atomic E-state index is 13.1. The van der Waals surface area contributed by atoms with Gasteiger partial charge in [-0.25, -0.2) is 8.42 Å². The third kappa shape index (κ3) is 6.72. The van der Waals surface area contributed by atoms with E-state index in [1.54, 1.807) is 40.5 Å². The van der Waals surface area contributed by atoms with E-state index < -0.39 is 21.8 Å². The Balaban J connectivity index is 2.20. The zero-order chi connectivity index (χ0) is 20.7. The molecule has 0 saturated carbocycles. The summed E-state index contributed by atoms with van der Waals surface area (Å²) < 4.78 is 23.8. The van der Waals surface area contributed by atoms with Gasteiger partial charge in [0.15, 0.2) is 0 Å². The molecule has 0 spiro atoms. The third-order valence-electron chi connectivity index (χ3n) is 4.12. The molecule has 1 aromatic carbocycles. The molecule has 0 bridgehead atoms. The van der Waals surface area contributed by atoms with E-state index >= 15 is 0 Å². The van der Waals surface area contributed by atoms with Gasteiger partial charge in [-0.3, -0.25) is 9.59 Å². The molecule has 1 N–H and O–H groups in total. The molecule has 152 valence electrons. The number of hydrogen-bond acceptors (Lipinski definition) is 5. The molecular weight excluding hydrogens is 464 g/mol. The Morgan fingerprint density at radius 3 is 2.50 bits per heavy atom. The zero-order valence-electron chi connectivity index (χ0n) is 15.7. The Morgan fingerprint density at radius 1 is 1.21 bits per heavy atom. The van der Waals surface area contributed by atoms with Gasteiger partial charge in [0.2, 0.25) is 5.91 Å². The van der Waals surface area contributed by atoms with E-state index in [1.165, 1.54) is 0 Å². The van der Waals surface area contributed by atoms with E-state index in [-0.39, 0.29) is 18.1 Å². The summed E-state index contributed by atoms with van der Waals surface area (Å²) >= 11 is 4.87. The minimum Gasteiger partial charge on any atom is -0.340 e. The standard InChI is InChI=1S/C19H23BrN2O4S2/c1-3-22(13-14-7-6-11-27-14)19(24)17(10-12-28(2,25)26)21-18(23)15-8-4-5-9-16(15)20/h4-9,11,17H,3,10,12-13H2,1-2H3,(H,21,23). The van der Waals surface area contributed by atoms with E-state index in [4.69, 9.17) is 0 Å². The molecule has 0 aliphatic carbocycles. The lowest BCUT2D eigenvalue weighted by molar-refractivity contribution is -0.133. The zero-order valence-corrected chi connectivity index (χ0v) is 18.9. The predicted octanol–water partition coefficient (Wildman–Crippen LogP) is 3.09. The first-order valence-electron chi connectivity index (χ1n) is 8.75. The number of benzene rings is 1. The average molecular weight is 487 g/mol. The second kappa shape index (κ2) is 10.2. The van der Waals surface area contributed by atoms with Gasteiger partial charge in [-0.15, -0.1) is 11.3 Å². The van der Waals surface area contributed by atoms with E-state index in [0.717, 1.165) is 11.1 Å². The monoisotopic (exact) mass is 486 g/mol. The van der Waals surface area contributed by atoms with E-state index in [9.17, 15) is 18.0 Å². The van der Waals surface area contributed by atoms with Crippen LogP contribution in [-0.2, 0) is 21.2 Å². The summed E-state index contributed by atoms with van der Waals surface area (Å²) in [6, 6.07) is 9.81. The highest BCUT2D eigenvalue weighted by Crippen LogP contribution is 2.17. The molecule has 9 heteroatoms. The summed E-state index contributed by atoms with van der Waals surface area (Å²) in [6.07, 6.45) is 1.14. The molecule has 28 heavy (non-hydrogen) atoms. The second-order valence-corrected chi connectivity index (χ2v) is 10.5. The largest absolute Gasteiger partial charge is 0.340 e. The highest BCUT2D eigenvalue weighted by atomic mass is 79.9. The molecule has 6 nitrogen and oxygen atoms in total. The highest BCUT2D eigenvalue weighted by molar-refractivity contribution is 9.10. The number of thiophene rings is 1. The minimum atomic E-state index is -3.27.